The number of alkyl halides is 3. The molecule has 3 atom stereocenters. The van der Waals surface area contributed by atoms with Crippen LogP contribution in [0.4, 0.5) is 29.3 Å². The van der Waals surface area contributed by atoms with Crippen LogP contribution in [0.3, 0.4) is 0 Å². The molecule has 0 aliphatic carbocycles. The van der Waals surface area contributed by atoms with Crippen molar-refractivity contribution >= 4 is 23.3 Å². The summed E-state index contributed by atoms with van der Waals surface area (Å²) in [5.74, 6) is 0.251. The number of anilines is 2. The smallest absolute Gasteiger partial charge is 0.416 e. The van der Waals surface area contributed by atoms with E-state index in [9.17, 15) is 27.9 Å². The van der Waals surface area contributed by atoms with Crippen molar-refractivity contribution in [2.75, 3.05) is 37.4 Å². The minimum atomic E-state index is -4.48. The van der Waals surface area contributed by atoms with Gasteiger partial charge in [-0.05, 0) is 74.1 Å². The molecule has 1 aliphatic heterocycles. The number of amides is 3. The highest BCUT2D eigenvalue weighted by atomic mass is 19.4. The molecule has 3 aromatic rings. The second kappa shape index (κ2) is 13.9. The third-order valence-electron chi connectivity index (χ3n) is 7.34. The molecule has 230 valence electrons. The average Bonchev–Trinajstić information content (AvgIpc) is 3.00. The summed E-state index contributed by atoms with van der Waals surface area (Å²) in [7, 11) is 1.99. The molecule has 3 N–H and O–H groups in total. The number of halogens is 3. The van der Waals surface area contributed by atoms with Crippen molar-refractivity contribution in [1.82, 2.24) is 14.8 Å². The van der Waals surface area contributed by atoms with Gasteiger partial charge in [-0.25, -0.2) is 4.79 Å². The van der Waals surface area contributed by atoms with Crippen LogP contribution in [0.15, 0.2) is 67.0 Å². The summed E-state index contributed by atoms with van der Waals surface area (Å²) in [6, 6.07) is 11.9. The van der Waals surface area contributed by atoms with E-state index in [1.165, 1.54) is 12.1 Å². The van der Waals surface area contributed by atoms with Gasteiger partial charge < -0.3 is 25.4 Å². The Morgan fingerprint density at radius 3 is 2.42 bits per heavy atom. The number of likely N-dealkylation sites (N-methyl/N-ethyl adjacent to an activating group) is 1. The molecule has 2 heterocycles. The highest BCUT2D eigenvalue weighted by Crippen LogP contribution is 2.31. The molecular weight excluding hydrogens is 563 g/mol. The number of carbonyl (C=O) groups is 2. The average molecular weight is 600 g/mol. The Kier molecular flexibility index (Phi) is 10.3. The van der Waals surface area contributed by atoms with E-state index < -0.39 is 23.8 Å². The van der Waals surface area contributed by atoms with Crippen LogP contribution in [0.1, 0.15) is 30.5 Å². The van der Waals surface area contributed by atoms with Gasteiger partial charge in [0, 0.05) is 54.9 Å². The predicted molar refractivity (Wildman–Crippen MR) is 157 cm³/mol. The van der Waals surface area contributed by atoms with Crippen molar-refractivity contribution in [3.63, 3.8) is 0 Å². The zero-order chi connectivity index (χ0) is 31.1. The third kappa shape index (κ3) is 8.68. The van der Waals surface area contributed by atoms with Crippen molar-refractivity contribution in [1.29, 1.82) is 0 Å². The number of rotatable bonds is 8. The quantitative estimate of drug-likeness (QED) is 0.336. The molecule has 2 aromatic carbocycles. The van der Waals surface area contributed by atoms with Gasteiger partial charge in [-0.2, -0.15) is 13.2 Å². The van der Waals surface area contributed by atoms with Crippen LogP contribution >= 0.6 is 0 Å². The summed E-state index contributed by atoms with van der Waals surface area (Å²) in [5, 5.41) is 15.0. The van der Waals surface area contributed by atoms with Gasteiger partial charge in [-0.1, -0.05) is 6.92 Å². The molecule has 4 rings (SSSR count). The maximum Gasteiger partial charge on any atom is 0.416 e. The number of fused-ring (bicyclic) bond motifs is 1. The fourth-order valence-corrected chi connectivity index (χ4v) is 4.93. The van der Waals surface area contributed by atoms with Gasteiger partial charge >= 0.3 is 12.2 Å². The number of carbonyl (C=O) groups excluding carboxylic acids is 2. The van der Waals surface area contributed by atoms with E-state index in [1.54, 1.807) is 42.4 Å². The van der Waals surface area contributed by atoms with Crippen molar-refractivity contribution < 1.29 is 32.6 Å². The number of ether oxygens (including phenoxy) is 1. The Bertz CT molecular complexity index is 1390. The van der Waals surface area contributed by atoms with E-state index in [0.29, 0.717) is 36.6 Å². The SMILES string of the molecule is CC(CO)N1C[C@@H](C)[C@H](CN(C)Cc2ccncc2)Oc2ccc(NC(=O)Nc3ccc(C(F)(F)F)cc3)cc2CC1=O. The number of urea groups is 1. The summed E-state index contributed by atoms with van der Waals surface area (Å²) in [5.41, 5.74) is 1.41. The molecular formula is C31H36F3N5O4. The van der Waals surface area contributed by atoms with Crippen molar-refractivity contribution in [3.05, 3.63) is 83.7 Å². The Balaban J connectivity index is 1.53. The third-order valence-corrected chi connectivity index (χ3v) is 7.34. The molecule has 0 saturated heterocycles. The van der Waals surface area contributed by atoms with Crippen LogP contribution in [0.25, 0.3) is 0 Å². The fourth-order valence-electron chi connectivity index (χ4n) is 4.93. The first-order valence-corrected chi connectivity index (χ1v) is 14.0. The van der Waals surface area contributed by atoms with Crippen LogP contribution in [0.5, 0.6) is 5.75 Å². The number of aliphatic hydroxyl groups excluding tert-OH is 1. The Labute approximate surface area is 248 Å². The van der Waals surface area contributed by atoms with Gasteiger partial charge in [0.05, 0.1) is 24.6 Å². The molecule has 1 aliphatic rings. The highest BCUT2D eigenvalue weighted by molar-refractivity contribution is 6.00. The predicted octanol–water partition coefficient (Wildman–Crippen LogP) is 5.03. The van der Waals surface area contributed by atoms with Gasteiger partial charge in [0.1, 0.15) is 11.9 Å². The monoisotopic (exact) mass is 599 g/mol. The van der Waals surface area contributed by atoms with Crippen molar-refractivity contribution in [2.45, 2.75) is 45.1 Å². The second-order valence-corrected chi connectivity index (χ2v) is 10.9. The molecule has 12 heteroatoms. The summed E-state index contributed by atoms with van der Waals surface area (Å²) in [6.45, 7) is 5.25. The number of benzene rings is 2. The lowest BCUT2D eigenvalue weighted by Gasteiger charge is -2.34. The van der Waals surface area contributed by atoms with Gasteiger partial charge in [-0.3, -0.25) is 14.7 Å². The van der Waals surface area contributed by atoms with Crippen molar-refractivity contribution in [2.24, 2.45) is 5.92 Å². The molecule has 1 aromatic heterocycles. The molecule has 9 nitrogen and oxygen atoms in total. The summed E-state index contributed by atoms with van der Waals surface area (Å²) in [6.07, 6.45) is -1.30. The van der Waals surface area contributed by atoms with Gasteiger partial charge in [0.15, 0.2) is 0 Å². The molecule has 0 spiro atoms. The largest absolute Gasteiger partial charge is 0.488 e. The van der Waals surface area contributed by atoms with Gasteiger partial charge in [0.25, 0.3) is 0 Å². The molecule has 0 radical (unpaired) electrons. The molecule has 3 amide bonds. The van der Waals surface area contributed by atoms with E-state index in [2.05, 4.69) is 20.5 Å². The van der Waals surface area contributed by atoms with Crippen LogP contribution in [-0.4, -0.2) is 70.7 Å². The number of nitrogens with zero attached hydrogens (tertiary/aromatic N) is 3. The summed E-state index contributed by atoms with van der Waals surface area (Å²) < 4.78 is 45.1. The molecule has 0 saturated carbocycles. The van der Waals surface area contributed by atoms with Crippen molar-refractivity contribution in [3.8, 4) is 5.75 Å². The first-order chi connectivity index (χ1) is 20.4. The number of nitrogens with one attached hydrogen (secondary N) is 2. The number of hydrogen-bond donors (Lipinski definition) is 3. The molecule has 0 fully saturated rings. The molecule has 1 unspecified atom stereocenters. The topological polar surface area (TPSA) is 107 Å². The minimum absolute atomic E-state index is 0.0119. The normalized spacial score (nSPS) is 18.1. The first-order valence-electron chi connectivity index (χ1n) is 14.0. The lowest BCUT2D eigenvalue weighted by molar-refractivity contribution is -0.137. The summed E-state index contributed by atoms with van der Waals surface area (Å²) >= 11 is 0. The number of hydrogen-bond acceptors (Lipinski definition) is 6. The van der Waals surface area contributed by atoms with E-state index in [0.717, 1.165) is 17.7 Å². The lowest BCUT2D eigenvalue weighted by Crippen LogP contribution is -2.47. The van der Waals surface area contributed by atoms with Gasteiger partial charge in [-0.15, -0.1) is 0 Å². The molecule has 0 bridgehead atoms. The Hall–Kier alpha value is -4.16. The van der Waals surface area contributed by atoms with E-state index in [-0.39, 0.29) is 36.6 Å². The standard InChI is InChI=1S/C31H36F3N5O4/c1-20-16-39(21(2)19-40)29(41)15-23-14-26(37-30(42)36-25-6-4-24(5-7-25)31(32,33)34)8-9-27(23)43-28(20)18-38(3)17-22-10-12-35-13-11-22/h4-14,20-21,28,40H,15-19H2,1-3H3,(H2,36,37,42)/t20-,21?,28+/m1/s1. The van der Waals surface area contributed by atoms with E-state index >= 15 is 0 Å². The Morgan fingerprint density at radius 2 is 1.77 bits per heavy atom. The highest BCUT2D eigenvalue weighted by Gasteiger charge is 2.32. The number of aromatic nitrogens is 1. The van der Waals surface area contributed by atoms with Gasteiger partial charge in [0.2, 0.25) is 5.91 Å². The first kappa shape index (κ1) is 31.8. The molecule has 43 heavy (non-hydrogen) atoms. The zero-order valence-corrected chi connectivity index (χ0v) is 24.3. The number of pyridine rings is 1. The van der Waals surface area contributed by atoms with Crippen LogP contribution in [0.2, 0.25) is 0 Å². The van der Waals surface area contributed by atoms with E-state index in [1.807, 2.05) is 26.1 Å². The minimum Gasteiger partial charge on any atom is -0.488 e. The van der Waals surface area contributed by atoms with E-state index in [4.69, 9.17) is 4.74 Å². The Morgan fingerprint density at radius 1 is 1.12 bits per heavy atom. The summed E-state index contributed by atoms with van der Waals surface area (Å²) in [4.78, 5) is 33.9. The van der Waals surface area contributed by atoms with Crippen LogP contribution < -0.4 is 15.4 Å². The second-order valence-electron chi connectivity index (χ2n) is 10.9. The van der Waals surface area contributed by atoms with Crippen LogP contribution in [-0.2, 0) is 23.9 Å². The zero-order valence-electron chi connectivity index (χ0n) is 24.3. The fraction of sp³-hybridized carbons (Fsp3) is 0.387. The van der Waals surface area contributed by atoms with Crippen LogP contribution in [0, 0.1) is 5.92 Å². The lowest BCUT2D eigenvalue weighted by atomic mass is 10.0. The number of aliphatic hydroxyl groups is 1. The maximum absolute atomic E-state index is 13.4. The maximum atomic E-state index is 13.4.